The van der Waals surface area contributed by atoms with Gasteiger partial charge in [0.15, 0.2) is 6.21 Å². The first-order valence-corrected chi connectivity index (χ1v) is 7.85. The minimum absolute atomic E-state index is 0.360. The summed E-state index contributed by atoms with van der Waals surface area (Å²) in [5.41, 5.74) is 2.65. The van der Waals surface area contributed by atoms with E-state index in [1.165, 1.54) is 12.8 Å². The van der Waals surface area contributed by atoms with E-state index in [1.807, 2.05) is 55.5 Å². The molecule has 0 atom stereocenters. The predicted octanol–water partition coefficient (Wildman–Crippen LogP) is 4.58. The fourth-order valence-corrected chi connectivity index (χ4v) is 2.73. The summed E-state index contributed by atoms with van der Waals surface area (Å²) >= 11 is 0. The van der Waals surface area contributed by atoms with E-state index in [0.29, 0.717) is 11.8 Å². The summed E-state index contributed by atoms with van der Waals surface area (Å²) in [4.78, 5) is 0. The van der Waals surface area contributed by atoms with Crippen molar-refractivity contribution in [2.24, 2.45) is 0 Å². The zero-order valence-electron chi connectivity index (χ0n) is 12.9. The summed E-state index contributed by atoms with van der Waals surface area (Å²) in [6.45, 7) is 2.01. The Morgan fingerprint density at radius 2 is 1.64 bits per heavy atom. The van der Waals surface area contributed by atoms with Crippen molar-refractivity contribution in [1.29, 1.82) is 0 Å². The van der Waals surface area contributed by atoms with Crippen LogP contribution in [0.2, 0.25) is 0 Å². The molecular formula is C19H21NO2. The van der Waals surface area contributed by atoms with Gasteiger partial charge in [0.05, 0.1) is 6.10 Å². The molecule has 1 aliphatic rings. The smallest absolute Gasteiger partial charge is 0.216 e. The van der Waals surface area contributed by atoms with Crippen LogP contribution < -0.4 is 4.74 Å². The number of benzene rings is 2. The Morgan fingerprint density at radius 1 is 1.00 bits per heavy atom. The lowest BCUT2D eigenvalue weighted by Crippen LogP contribution is -2.10. The Balaban J connectivity index is 1.69. The fraction of sp³-hybridized carbons (Fsp3) is 0.316. The molecule has 114 valence electrons. The number of nitrogens with zero attached hydrogens (tertiary/aromatic N) is 1. The molecular weight excluding hydrogens is 274 g/mol. The predicted molar refractivity (Wildman–Crippen MR) is 89.0 cm³/mol. The molecule has 0 heterocycles. The number of aryl methyl sites for hydroxylation is 1. The lowest BCUT2D eigenvalue weighted by molar-refractivity contribution is -0.354. The fourth-order valence-electron chi connectivity index (χ4n) is 2.73. The molecule has 2 aromatic carbocycles. The zero-order chi connectivity index (χ0) is 15.4. The minimum Gasteiger partial charge on any atom is -0.618 e. The van der Waals surface area contributed by atoms with Crippen LogP contribution in [-0.2, 0) is 0 Å². The van der Waals surface area contributed by atoms with Crippen LogP contribution in [-0.4, -0.2) is 17.1 Å². The van der Waals surface area contributed by atoms with Gasteiger partial charge in [0.25, 0.3) is 0 Å². The highest BCUT2D eigenvalue weighted by Gasteiger charge is 2.16. The maximum absolute atomic E-state index is 12.1. The lowest BCUT2D eigenvalue weighted by atomic mass is 10.2. The maximum Gasteiger partial charge on any atom is 0.216 e. The van der Waals surface area contributed by atoms with Crippen molar-refractivity contribution in [2.45, 2.75) is 38.7 Å². The molecule has 0 amide bonds. The highest BCUT2D eigenvalue weighted by molar-refractivity contribution is 5.76. The largest absolute Gasteiger partial charge is 0.618 e. The van der Waals surface area contributed by atoms with E-state index in [4.69, 9.17) is 4.74 Å². The first-order chi connectivity index (χ1) is 10.7. The Bertz CT molecular complexity index is 638. The molecule has 0 aromatic heterocycles. The Morgan fingerprint density at radius 3 is 2.27 bits per heavy atom. The molecule has 3 rings (SSSR count). The maximum atomic E-state index is 12.1. The molecule has 3 heteroatoms. The number of rotatable bonds is 4. The van der Waals surface area contributed by atoms with E-state index >= 15 is 0 Å². The van der Waals surface area contributed by atoms with Crippen LogP contribution in [0.15, 0.2) is 48.5 Å². The first kappa shape index (κ1) is 14.6. The molecule has 3 nitrogen and oxygen atoms in total. The molecule has 2 aromatic rings. The van der Waals surface area contributed by atoms with Crippen LogP contribution in [0.3, 0.4) is 0 Å². The number of ether oxygens (including phenoxy) is 1. The van der Waals surface area contributed by atoms with Gasteiger partial charge in [0.2, 0.25) is 5.69 Å². The normalized spacial score (nSPS) is 16.0. The van der Waals surface area contributed by atoms with E-state index in [-0.39, 0.29) is 0 Å². The summed E-state index contributed by atoms with van der Waals surface area (Å²) in [7, 11) is 0. The summed E-state index contributed by atoms with van der Waals surface area (Å²) < 4.78 is 6.82. The van der Waals surface area contributed by atoms with Gasteiger partial charge in [-0.05, 0) is 56.9 Å². The Hall–Kier alpha value is -2.29. The summed E-state index contributed by atoms with van der Waals surface area (Å²) in [6, 6.07) is 15.2. The van der Waals surface area contributed by atoms with E-state index in [1.54, 1.807) is 6.21 Å². The van der Waals surface area contributed by atoms with Crippen molar-refractivity contribution in [3.63, 3.8) is 0 Å². The van der Waals surface area contributed by atoms with Gasteiger partial charge in [-0.1, -0.05) is 17.7 Å². The second-order valence-corrected chi connectivity index (χ2v) is 5.88. The van der Waals surface area contributed by atoms with Crippen LogP contribution >= 0.6 is 0 Å². The van der Waals surface area contributed by atoms with Gasteiger partial charge in [-0.25, -0.2) is 0 Å². The molecule has 1 aliphatic carbocycles. The molecule has 0 aliphatic heterocycles. The van der Waals surface area contributed by atoms with Crippen molar-refractivity contribution >= 4 is 11.9 Å². The van der Waals surface area contributed by atoms with Crippen molar-refractivity contribution < 1.29 is 9.48 Å². The van der Waals surface area contributed by atoms with Crippen molar-refractivity contribution in [3.05, 3.63) is 64.9 Å². The average molecular weight is 295 g/mol. The first-order valence-electron chi connectivity index (χ1n) is 7.85. The number of hydrogen-bond acceptors (Lipinski definition) is 2. The number of hydrogen-bond donors (Lipinski definition) is 0. The van der Waals surface area contributed by atoms with Crippen LogP contribution in [0, 0.1) is 12.1 Å². The van der Waals surface area contributed by atoms with E-state index in [2.05, 4.69) is 0 Å². The van der Waals surface area contributed by atoms with Gasteiger partial charge in [0, 0.05) is 17.7 Å². The van der Waals surface area contributed by atoms with Gasteiger partial charge in [0.1, 0.15) is 5.75 Å². The molecule has 0 bridgehead atoms. The summed E-state index contributed by atoms with van der Waals surface area (Å²) in [5.74, 6) is 0.886. The Kier molecular flexibility index (Phi) is 4.42. The quantitative estimate of drug-likeness (QED) is 0.358. The lowest BCUT2D eigenvalue weighted by Gasteiger charge is -2.12. The summed E-state index contributed by atoms with van der Waals surface area (Å²) in [6.07, 6.45) is 6.77. The van der Waals surface area contributed by atoms with E-state index in [9.17, 15) is 5.21 Å². The van der Waals surface area contributed by atoms with E-state index in [0.717, 1.165) is 34.5 Å². The molecule has 0 spiro atoms. The highest BCUT2D eigenvalue weighted by Crippen LogP contribution is 2.24. The second-order valence-electron chi connectivity index (χ2n) is 5.88. The molecule has 1 fully saturated rings. The average Bonchev–Trinajstić information content (AvgIpc) is 3.03. The van der Waals surface area contributed by atoms with Crippen LogP contribution in [0.4, 0.5) is 5.69 Å². The van der Waals surface area contributed by atoms with Crippen LogP contribution in [0.5, 0.6) is 5.75 Å². The van der Waals surface area contributed by atoms with Crippen molar-refractivity contribution in [3.8, 4) is 5.75 Å². The molecule has 0 radical (unpaired) electrons. The van der Waals surface area contributed by atoms with Gasteiger partial charge in [-0.15, -0.1) is 0 Å². The molecule has 22 heavy (non-hydrogen) atoms. The highest BCUT2D eigenvalue weighted by atomic mass is 16.5. The summed E-state index contributed by atoms with van der Waals surface area (Å²) in [5, 5.41) is 12.1. The molecule has 0 unspecified atom stereocenters. The third kappa shape index (κ3) is 3.67. The SMILES string of the molecule is Cc1ccc(/[N+]([O-])=C/c2ccc(OC3CCCC3)cc2)cc1. The van der Waals surface area contributed by atoms with Crippen LogP contribution in [0.25, 0.3) is 0 Å². The van der Waals surface area contributed by atoms with E-state index < -0.39 is 0 Å². The third-order valence-corrected chi connectivity index (χ3v) is 4.04. The van der Waals surface area contributed by atoms with Crippen molar-refractivity contribution in [1.82, 2.24) is 0 Å². The zero-order valence-corrected chi connectivity index (χ0v) is 12.9. The van der Waals surface area contributed by atoms with Gasteiger partial charge in [-0.2, -0.15) is 4.74 Å². The molecule has 0 N–H and O–H groups in total. The van der Waals surface area contributed by atoms with Crippen LogP contribution in [0.1, 0.15) is 36.8 Å². The van der Waals surface area contributed by atoms with Crippen molar-refractivity contribution in [2.75, 3.05) is 0 Å². The van der Waals surface area contributed by atoms with Gasteiger partial charge >= 0.3 is 0 Å². The van der Waals surface area contributed by atoms with Gasteiger partial charge in [-0.3, -0.25) is 0 Å². The monoisotopic (exact) mass is 295 g/mol. The minimum atomic E-state index is 0.360. The molecule has 0 saturated heterocycles. The molecule has 1 saturated carbocycles. The topological polar surface area (TPSA) is 35.3 Å². The van der Waals surface area contributed by atoms with Gasteiger partial charge < -0.3 is 9.94 Å². The Labute approximate surface area is 131 Å². The third-order valence-electron chi connectivity index (χ3n) is 4.04. The second kappa shape index (κ2) is 6.65. The standard InChI is InChI=1S/C19H21NO2/c1-15-6-10-17(11-7-15)20(21)14-16-8-12-19(13-9-16)22-18-4-2-3-5-18/h6-14,18H,2-5H2,1H3/b20-14-.